The second-order valence-electron chi connectivity index (χ2n) is 5.34. The summed E-state index contributed by atoms with van der Waals surface area (Å²) < 4.78 is 1.57. The molecular formula is C14H22N2O3S. The maximum absolute atomic E-state index is 12.4. The van der Waals surface area contributed by atoms with Crippen LogP contribution >= 0.6 is 11.3 Å². The fraction of sp³-hybridized carbons (Fsp3) is 0.714. The Labute approximate surface area is 122 Å². The van der Waals surface area contributed by atoms with E-state index in [1.807, 2.05) is 18.7 Å². The van der Waals surface area contributed by atoms with E-state index in [4.69, 9.17) is 5.11 Å². The van der Waals surface area contributed by atoms with Gasteiger partial charge in [0.1, 0.15) is 6.54 Å². The Morgan fingerprint density at radius 2 is 2.20 bits per heavy atom. The first kappa shape index (κ1) is 15.3. The van der Waals surface area contributed by atoms with Crippen molar-refractivity contribution in [1.82, 2.24) is 9.47 Å². The summed E-state index contributed by atoms with van der Waals surface area (Å²) in [5.74, 6) is 0.0217. The molecule has 20 heavy (non-hydrogen) atoms. The van der Waals surface area contributed by atoms with E-state index in [0.29, 0.717) is 0 Å². The van der Waals surface area contributed by atoms with E-state index in [2.05, 4.69) is 0 Å². The number of amides is 1. The first-order chi connectivity index (χ1) is 9.54. The average molecular weight is 298 g/mol. The smallest absolute Gasteiger partial charge is 0.308 e. The standard InChI is InChI=1S/C14H22N2O3S/c1-10-11(2)20-14(19)16(10)9-13(18)15-7-3-5-12(15)6-4-8-17/h12,17H,3-9H2,1-2H3. The summed E-state index contributed by atoms with van der Waals surface area (Å²) in [6, 6.07) is 0.227. The van der Waals surface area contributed by atoms with Crippen LogP contribution in [-0.2, 0) is 11.3 Å². The lowest BCUT2D eigenvalue weighted by Crippen LogP contribution is -2.39. The monoisotopic (exact) mass is 298 g/mol. The highest BCUT2D eigenvalue weighted by atomic mass is 32.1. The number of carbonyl (C=O) groups is 1. The molecule has 0 radical (unpaired) electrons. The Kier molecular flexibility index (Phi) is 4.99. The Morgan fingerprint density at radius 1 is 1.45 bits per heavy atom. The first-order valence-corrected chi connectivity index (χ1v) is 7.93. The molecule has 5 nitrogen and oxygen atoms in total. The maximum atomic E-state index is 12.4. The molecule has 6 heteroatoms. The van der Waals surface area contributed by atoms with E-state index in [-0.39, 0.29) is 30.0 Å². The number of aromatic nitrogens is 1. The highest BCUT2D eigenvalue weighted by Crippen LogP contribution is 2.22. The molecule has 0 bridgehead atoms. The van der Waals surface area contributed by atoms with Crippen LogP contribution in [0, 0.1) is 13.8 Å². The molecule has 2 rings (SSSR count). The minimum absolute atomic E-state index is 0.0217. The number of aliphatic hydroxyl groups is 1. The van der Waals surface area contributed by atoms with Gasteiger partial charge in [0.05, 0.1) is 0 Å². The second kappa shape index (κ2) is 6.54. The molecule has 0 spiro atoms. The van der Waals surface area contributed by atoms with Crippen molar-refractivity contribution < 1.29 is 9.90 Å². The Balaban J connectivity index is 2.05. The minimum Gasteiger partial charge on any atom is -0.396 e. The highest BCUT2D eigenvalue weighted by Gasteiger charge is 2.28. The lowest BCUT2D eigenvalue weighted by Gasteiger charge is -2.25. The topological polar surface area (TPSA) is 62.5 Å². The van der Waals surface area contributed by atoms with Crippen molar-refractivity contribution in [3.8, 4) is 0 Å². The van der Waals surface area contributed by atoms with Crippen molar-refractivity contribution in [1.29, 1.82) is 0 Å². The summed E-state index contributed by atoms with van der Waals surface area (Å²) in [4.78, 5) is 27.1. The van der Waals surface area contributed by atoms with E-state index >= 15 is 0 Å². The van der Waals surface area contributed by atoms with E-state index in [9.17, 15) is 9.59 Å². The van der Waals surface area contributed by atoms with E-state index in [1.165, 1.54) is 11.3 Å². The average Bonchev–Trinajstić information content (AvgIpc) is 2.97. The van der Waals surface area contributed by atoms with Crippen molar-refractivity contribution in [3.63, 3.8) is 0 Å². The van der Waals surface area contributed by atoms with Gasteiger partial charge in [-0.25, -0.2) is 0 Å². The van der Waals surface area contributed by atoms with E-state index in [0.717, 1.165) is 42.8 Å². The van der Waals surface area contributed by atoms with Gasteiger partial charge in [0.15, 0.2) is 0 Å². The van der Waals surface area contributed by atoms with Crippen molar-refractivity contribution in [2.75, 3.05) is 13.2 Å². The number of rotatable bonds is 5. The lowest BCUT2D eigenvalue weighted by molar-refractivity contribution is -0.132. The molecule has 0 aromatic carbocycles. The zero-order chi connectivity index (χ0) is 14.7. The molecule has 1 N–H and O–H groups in total. The number of thiazole rings is 1. The number of hydrogen-bond donors (Lipinski definition) is 1. The number of aliphatic hydroxyl groups excluding tert-OH is 1. The van der Waals surface area contributed by atoms with Crippen LogP contribution in [-0.4, -0.2) is 39.7 Å². The Morgan fingerprint density at radius 3 is 2.80 bits per heavy atom. The lowest BCUT2D eigenvalue weighted by atomic mass is 10.1. The van der Waals surface area contributed by atoms with Gasteiger partial charge in [-0.1, -0.05) is 11.3 Å². The molecule has 112 valence electrons. The van der Waals surface area contributed by atoms with Gasteiger partial charge in [0.2, 0.25) is 5.91 Å². The molecule has 1 atom stereocenters. The van der Waals surface area contributed by atoms with Crippen molar-refractivity contribution in [2.24, 2.45) is 0 Å². The first-order valence-electron chi connectivity index (χ1n) is 7.11. The molecule has 1 unspecified atom stereocenters. The van der Waals surface area contributed by atoms with Crippen molar-refractivity contribution in [2.45, 2.75) is 52.1 Å². The van der Waals surface area contributed by atoms with Crippen LogP contribution in [0.15, 0.2) is 4.79 Å². The summed E-state index contributed by atoms with van der Waals surface area (Å²) in [7, 11) is 0. The van der Waals surface area contributed by atoms with Gasteiger partial charge < -0.3 is 10.0 Å². The predicted octanol–water partition coefficient (Wildman–Crippen LogP) is 1.29. The fourth-order valence-electron chi connectivity index (χ4n) is 2.79. The molecule has 2 heterocycles. The van der Waals surface area contributed by atoms with Gasteiger partial charge in [-0.15, -0.1) is 0 Å². The highest BCUT2D eigenvalue weighted by molar-refractivity contribution is 7.09. The van der Waals surface area contributed by atoms with Crippen LogP contribution in [0.1, 0.15) is 36.3 Å². The van der Waals surface area contributed by atoms with Gasteiger partial charge in [-0.05, 0) is 39.5 Å². The van der Waals surface area contributed by atoms with Crippen LogP contribution < -0.4 is 4.87 Å². The summed E-state index contributed by atoms with van der Waals surface area (Å²) in [6.07, 6.45) is 3.59. The van der Waals surface area contributed by atoms with Crippen LogP contribution in [0.2, 0.25) is 0 Å². The molecular weight excluding hydrogens is 276 g/mol. The van der Waals surface area contributed by atoms with Crippen molar-refractivity contribution in [3.05, 3.63) is 20.2 Å². The number of hydrogen-bond acceptors (Lipinski definition) is 4. The number of nitrogens with zero attached hydrogens (tertiary/aromatic N) is 2. The minimum atomic E-state index is -0.0561. The molecule has 1 aromatic heterocycles. The van der Waals surface area contributed by atoms with Crippen molar-refractivity contribution >= 4 is 17.2 Å². The van der Waals surface area contributed by atoms with E-state index in [1.54, 1.807) is 4.57 Å². The molecule has 1 aromatic rings. The largest absolute Gasteiger partial charge is 0.396 e. The molecule has 1 aliphatic heterocycles. The third-order valence-corrected chi connectivity index (χ3v) is 5.06. The van der Waals surface area contributed by atoms with Gasteiger partial charge >= 0.3 is 4.87 Å². The zero-order valence-electron chi connectivity index (χ0n) is 12.1. The van der Waals surface area contributed by atoms with Crippen LogP contribution in [0.25, 0.3) is 0 Å². The normalized spacial score (nSPS) is 18.8. The molecule has 1 fully saturated rings. The maximum Gasteiger partial charge on any atom is 0.308 e. The van der Waals surface area contributed by atoms with Crippen LogP contribution in [0.5, 0.6) is 0 Å². The van der Waals surface area contributed by atoms with Gasteiger partial charge in [0, 0.05) is 29.8 Å². The molecule has 1 saturated heterocycles. The van der Waals surface area contributed by atoms with E-state index < -0.39 is 0 Å². The summed E-state index contributed by atoms with van der Waals surface area (Å²) in [6.45, 7) is 4.87. The van der Waals surface area contributed by atoms with Gasteiger partial charge in [0.25, 0.3) is 0 Å². The molecule has 0 saturated carbocycles. The zero-order valence-corrected chi connectivity index (χ0v) is 12.9. The second-order valence-corrected chi connectivity index (χ2v) is 6.51. The van der Waals surface area contributed by atoms with Gasteiger partial charge in [-0.3, -0.25) is 14.2 Å². The summed E-state index contributed by atoms with van der Waals surface area (Å²) in [5, 5.41) is 8.91. The molecule has 1 amide bonds. The number of likely N-dealkylation sites (tertiary alicyclic amines) is 1. The van der Waals surface area contributed by atoms with Gasteiger partial charge in [-0.2, -0.15) is 0 Å². The SMILES string of the molecule is Cc1sc(=O)n(CC(=O)N2CCCC2CCCO)c1C. The third kappa shape index (κ3) is 3.12. The fourth-order valence-corrected chi connectivity index (χ4v) is 3.62. The molecule has 0 aliphatic carbocycles. The third-order valence-electron chi connectivity index (χ3n) is 4.06. The molecule has 1 aliphatic rings. The quantitative estimate of drug-likeness (QED) is 0.891. The summed E-state index contributed by atoms with van der Waals surface area (Å²) >= 11 is 1.20. The predicted molar refractivity (Wildman–Crippen MR) is 79.1 cm³/mol. The van der Waals surface area contributed by atoms with Crippen LogP contribution in [0.3, 0.4) is 0 Å². The Hall–Kier alpha value is -1.14. The number of carbonyl (C=O) groups excluding carboxylic acids is 1. The Bertz CT molecular complexity index is 535. The van der Waals surface area contributed by atoms with Crippen LogP contribution in [0.4, 0.5) is 0 Å². The number of aryl methyl sites for hydroxylation is 1. The summed E-state index contributed by atoms with van der Waals surface area (Å²) in [5.41, 5.74) is 0.888.